The van der Waals surface area contributed by atoms with Crippen LogP contribution >= 0.6 is 23.1 Å². The fourth-order valence-corrected chi connectivity index (χ4v) is 6.88. The predicted molar refractivity (Wildman–Crippen MR) is 200 cm³/mol. The number of carbonyl (C=O) groups is 1. The first kappa shape index (κ1) is 41.7. The molecule has 2 aromatic heterocycles. The topological polar surface area (TPSA) is 58.4 Å². The zero-order valence-electron chi connectivity index (χ0n) is 31.6. The van der Waals surface area contributed by atoms with Gasteiger partial charge in [-0.3, -0.25) is 9.69 Å². The molecule has 2 aromatic rings. The summed E-state index contributed by atoms with van der Waals surface area (Å²) in [6, 6.07) is 2.04. The number of carbonyl (C=O) groups excluding carboxylic acids is 1. The largest absolute Gasteiger partial charge is 0.469 e. The zero-order valence-corrected chi connectivity index (χ0v) is 33.2. The van der Waals surface area contributed by atoms with Gasteiger partial charge < -0.3 is 9.73 Å². The molecule has 1 aliphatic carbocycles. The Labute approximate surface area is 286 Å². The van der Waals surface area contributed by atoms with Crippen molar-refractivity contribution < 1.29 is 9.21 Å². The first-order chi connectivity index (χ1) is 20.6. The molecule has 5 nitrogen and oxygen atoms in total. The number of nitrogens with one attached hydrogen (secondary N) is 1. The number of thiazole rings is 1. The van der Waals surface area contributed by atoms with Gasteiger partial charge in [0.05, 0.1) is 17.0 Å². The van der Waals surface area contributed by atoms with Gasteiger partial charge in [-0.05, 0) is 102 Å². The SMILES string of the molecule is CC(C)(C)N1CCCC1.CC(C)(C)SCCNC(=O)C1CCCC1.Cc1nc(CC(C)(C)C)cs1.Cc1occc1C(C)(C)C. The van der Waals surface area contributed by atoms with Crippen molar-refractivity contribution >= 4 is 29.0 Å². The van der Waals surface area contributed by atoms with E-state index in [1.54, 1.807) is 17.6 Å². The average molecular weight is 664 g/mol. The first-order valence-electron chi connectivity index (χ1n) is 17.2. The molecular weight excluding hydrogens is 595 g/mol. The lowest BCUT2D eigenvalue weighted by Crippen LogP contribution is -2.38. The van der Waals surface area contributed by atoms with E-state index in [1.165, 1.54) is 55.0 Å². The second kappa shape index (κ2) is 18.9. The number of likely N-dealkylation sites (tertiary alicyclic amines) is 1. The summed E-state index contributed by atoms with van der Waals surface area (Å²) >= 11 is 3.64. The Bertz CT molecular complexity index is 1080. The smallest absolute Gasteiger partial charge is 0.223 e. The van der Waals surface area contributed by atoms with E-state index >= 15 is 0 Å². The minimum Gasteiger partial charge on any atom is -0.469 e. The second-order valence-electron chi connectivity index (χ2n) is 16.8. The van der Waals surface area contributed by atoms with E-state index in [4.69, 9.17) is 4.42 Å². The van der Waals surface area contributed by atoms with Gasteiger partial charge in [0.2, 0.25) is 5.91 Å². The Morgan fingerprint density at radius 1 is 0.956 bits per heavy atom. The number of hydrogen-bond donors (Lipinski definition) is 1. The number of aryl methyl sites for hydroxylation is 2. The molecular formula is C38H69N3O2S2. The molecule has 0 spiro atoms. The molecule has 1 saturated carbocycles. The molecule has 0 unspecified atom stereocenters. The fraction of sp³-hybridized carbons (Fsp3) is 0.789. The highest BCUT2D eigenvalue weighted by Crippen LogP contribution is 2.27. The summed E-state index contributed by atoms with van der Waals surface area (Å²) in [6.45, 7) is 34.2. The van der Waals surface area contributed by atoms with Crippen molar-refractivity contribution in [3.63, 3.8) is 0 Å². The maximum atomic E-state index is 11.6. The number of hydrogen-bond acceptors (Lipinski definition) is 6. The summed E-state index contributed by atoms with van der Waals surface area (Å²) < 4.78 is 5.49. The molecule has 45 heavy (non-hydrogen) atoms. The van der Waals surface area contributed by atoms with E-state index in [-0.39, 0.29) is 11.3 Å². The summed E-state index contributed by atoms with van der Waals surface area (Å²) in [7, 11) is 0. The minimum atomic E-state index is 0.219. The molecule has 1 saturated heterocycles. The highest BCUT2D eigenvalue weighted by molar-refractivity contribution is 8.00. The van der Waals surface area contributed by atoms with Gasteiger partial charge in [-0.2, -0.15) is 11.8 Å². The van der Waals surface area contributed by atoms with Crippen molar-refractivity contribution in [1.82, 2.24) is 15.2 Å². The maximum Gasteiger partial charge on any atom is 0.223 e. The summed E-state index contributed by atoms with van der Waals surface area (Å²) in [5, 5.41) is 6.36. The number of thioether (sulfide) groups is 1. The third kappa shape index (κ3) is 19.2. The summed E-state index contributed by atoms with van der Waals surface area (Å²) in [5.41, 5.74) is 3.53. The molecule has 1 N–H and O–H groups in total. The molecule has 2 fully saturated rings. The molecule has 0 atom stereocenters. The molecule has 7 heteroatoms. The van der Waals surface area contributed by atoms with E-state index in [0.717, 1.165) is 37.3 Å². The highest BCUT2D eigenvalue weighted by atomic mass is 32.2. The van der Waals surface area contributed by atoms with Crippen LogP contribution in [-0.4, -0.2) is 51.5 Å². The van der Waals surface area contributed by atoms with E-state index in [2.05, 4.69) is 111 Å². The molecule has 0 radical (unpaired) electrons. The fourth-order valence-electron chi connectivity index (χ4n) is 5.45. The lowest BCUT2D eigenvalue weighted by Gasteiger charge is -2.31. The Morgan fingerprint density at radius 2 is 1.53 bits per heavy atom. The molecule has 0 aromatic carbocycles. The summed E-state index contributed by atoms with van der Waals surface area (Å²) in [5.74, 6) is 2.64. The average Bonchev–Trinajstić information content (AvgIpc) is 3.69. The quantitative estimate of drug-likeness (QED) is 0.323. The van der Waals surface area contributed by atoms with Gasteiger partial charge in [-0.1, -0.05) is 75.2 Å². The summed E-state index contributed by atoms with van der Waals surface area (Å²) in [4.78, 5) is 18.6. The number of furan rings is 1. The second-order valence-corrected chi connectivity index (χ2v) is 19.8. The van der Waals surface area contributed by atoms with Gasteiger partial charge in [-0.25, -0.2) is 4.98 Å². The lowest BCUT2D eigenvalue weighted by atomic mass is 9.87. The Balaban J connectivity index is 0.000000306. The van der Waals surface area contributed by atoms with Crippen LogP contribution in [0.4, 0.5) is 0 Å². The van der Waals surface area contributed by atoms with Crippen LogP contribution in [0.3, 0.4) is 0 Å². The highest BCUT2D eigenvalue weighted by Gasteiger charge is 2.24. The van der Waals surface area contributed by atoms with Gasteiger partial charge in [0.25, 0.3) is 0 Å². The van der Waals surface area contributed by atoms with Gasteiger partial charge in [0.1, 0.15) is 5.76 Å². The van der Waals surface area contributed by atoms with Crippen LogP contribution in [0.5, 0.6) is 0 Å². The molecule has 3 heterocycles. The molecule has 0 bridgehead atoms. The van der Waals surface area contributed by atoms with Crippen LogP contribution in [0.15, 0.2) is 22.1 Å². The zero-order chi connectivity index (χ0) is 34.5. The van der Waals surface area contributed by atoms with Crippen LogP contribution in [0.25, 0.3) is 0 Å². The van der Waals surface area contributed by atoms with Crippen molar-refractivity contribution in [2.45, 2.75) is 158 Å². The van der Waals surface area contributed by atoms with Crippen LogP contribution in [-0.2, 0) is 16.6 Å². The molecule has 2 aliphatic rings. The number of amides is 1. The van der Waals surface area contributed by atoms with E-state index in [0.29, 0.717) is 21.6 Å². The van der Waals surface area contributed by atoms with Gasteiger partial charge in [0, 0.05) is 33.9 Å². The minimum absolute atomic E-state index is 0.219. The Kier molecular flexibility index (Phi) is 17.5. The molecule has 1 aliphatic heterocycles. The van der Waals surface area contributed by atoms with Crippen LogP contribution < -0.4 is 5.32 Å². The normalized spacial score (nSPS) is 16.2. The van der Waals surface area contributed by atoms with Crippen LogP contribution in [0.2, 0.25) is 0 Å². The number of rotatable bonds is 5. The predicted octanol–water partition coefficient (Wildman–Crippen LogP) is 10.6. The Morgan fingerprint density at radius 3 is 1.89 bits per heavy atom. The number of nitrogens with zero attached hydrogens (tertiary/aromatic N) is 2. The monoisotopic (exact) mass is 663 g/mol. The van der Waals surface area contributed by atoms with Gasteiger partial charge in [0.15, 0.2) is 0 Å². The summed E-state index contributed by atoms with van der Waals surface area (Å²) in [6.07, 6.45) is 10.3. The molecule has 4 rings (SSSR count). The van der Waals surface area contributed by atoms with Crippen LogP contribution in [0, 0.1) is 25.2 Å². The van der Waals surface area contributed by atoms with E-state index < -0.39 is 0 Å². The maximum absolute atomic E-state index is 11.6. The lowest BCUT2D eigenvalue weighted by molar-refractivity contribution is -0.124. The van der Waals surface area contributed by atoms with Gasteiger partial charge >= 0.3 is 0 Å². The van der Waals surface area contributed by atoms with E-state index in [9.17, 15) is 4.79 Å². The van der Waals surface area contributed by atoms with Crippen molar-refractivity contribution in [3.8, 4) is 0 Å². The van der Waals surface area contributed by atoms with Crippen molar-refractivity contribution in [3.05, 3.63) is 39.7 Å². The third-order valence-electron chi connectivity index (χ3n) is 7.76. The van der Waals surface area contributed by atoms with Crippen molar-refractivity contribution in [1.29, 1.82) is 0 Å². The van der Waals surface area contributed by atoms with E-state index in [1.807, 2.05) is 24.8 Å². The first-order valence-corrected chi connectivity index (χ1v) is 19.1. The van der Waals surface area contributed by atoms with Crippen molar-refractivity contribution in [2.75, 3.05) is 25.4 Å². The molecule has 260 valence electrons. The number of aromatic nitrogens is 1. The van der Waals surface area contributed by atoms with Crippen molar-refractivity contribution in [2.24, 2.45) is 11.3 Å². The molecule has 1 amide bonds. The van der Waals surface area contributed by atoms with Crippen LogP contribution in [0.1, 0.15) is 144 Å². The van der Waals surface area contributed by atoms with Gasteiger partial charge in [-0.15, -0.1) is 11.3 Å². The third-order valence-corrected chi connectivity index (χ3v) is 9.86. The standard InChI is InChI=1S/C12H23NOS.C9H15NS.C9H14O.C8H17N/c1-12(2,3)15-9-8-13-11(14)10-6-4-5-7-10;1-7-10-8(6-11-7)5-9(2,3)4;1-7-8(5-6-10-7)9(2,3)4;1-8(2,3)9-6-4-5-7-9/h10H,4-9H2,1-3H3,(H,13,14);6H,5H2,1-4H3;5-6H,1-4H3;4-7H2,1-3H3. The Hall–Kier alpha value is -1.31.